The summed E-state index contributed by atoms with van der Waals surface area (Å²) in [6, 6.07) is 14.1. The Labute approximate surface area is 164 Å². The maximum atomic E-state index is 12.5. The van der Waals surface area contributed by atoms with E-state index in [1.165, 1.54) is 0 Å². The lowest BCUT2D eigenvalue weighted by atomic mass is 10.1. The number of aromatic nitrogens is 4. The average molecular weight is 388 g/mol. The first-order valence-electron chi connectivity index (χ1n) is 9.28. The van der Waals surface area contributed by atoms with Gasteiger partial charge in [0.15, 0.2) is 6.61 Å². The van der Waals surface area contributed by atoms with Crippen LogP contribution in [-0.4, -0.2) is 25.7 Å². The lowest BCUT2D eigenvalue weighted by Crippen LogP contribution is -2.21. The molecule has 29 heavy (non-hydrogen) atoms. The van der Waals surface area contributed by atoms with Gasteiger partial charge in [0, 0.05) is 18.5 Å². The summed E-state index contributed by atoms with van der Waals surface area (Å²) in [6.45, 7) is 0.549. The summed E-state index contributed by atoms with van der Waals surface area (Å²) < 4.78 is 12.1. The van der Waals surface area contributed by atoms with Gasteiger partial charge in [0.2, 0.25) is 5.82 Å². The van der Waals surface area contributed by atoms with Gasteiger partial charge in [-0.15, -0.1) is 0 Å². The molecule has 0 fully saturated rings. The monoisotopic (exact) mass is 388 g/mol. The van der Waals surface area contributed by atoms with Gasteiger partial charge in [-0.3, -0.25) is 9.36 Å². The number of benzene rings is 2. The quantitative estimate of drug-likeness (QED) is 0.496. The number of esters is 1. The standard InChI is InChI=1S/C21H16N4O4/c26-20-15-9-8-14(11-16(15)22-17-7-4-10-25(17)20)21(27)28-12-18-23-19(24-29-18)13-5-2-1-3-6-13/h1-3,5-6,8-9,11H,4,7,10,12H2. The van der Waals surface area contributed by atoms with Crippen LogP contribution in [0.15, 0.2) is 57.8 Å². The van der Waals surface area contributed by atoms with Crippen LogP contribution in [0, 0.1) is 0 Å². The molecule has 0 radical (unpaired) electrons. The molecule has 0 unspecified atom stereocenters. The van der Waals surface area contributed by atoms with Gasteiger partial charge in [0.1, 0.15) is 5.82 Å². The molecule has 0 spiro atoms. The molecule has 0 saturated heterocycles. The largest absolute Gasteiger partial charge is 0.452 e. The van der Waals surface area contributed by atoms with Gasteiger partial charge < -0.3 is 9.26 Å². The summed E-state index contributed by atoms with van der Waals surface area (Å²) in [5.41, 5.74) is 1.56. The highest BCUT2D eigenvalue weighted by Crippen LogP contribution is 2.18. The maximum Gasteiger partial charge on any atom is 0.338 e. The van der Waals surface area contributed by atoms with Gasteiger partial charge in [0.05, 0.1) is 16.5 Å². The second-order valence-corrected chi connectivity index (χ2v) is 6.77. The van der Waals surface area contributed by atoms with E-state index in [9.17, 15) is 9.59 Å². The molecule has 0 saturated carbocycles. The van der Waals surface area contributed by atoms with E-state index in [1.807, 2.05) is 30.3 Å². The third kappa shape index (κ3) is 3.18. The molecule has 144 valence electrons. The number of ether oxygens (including phenoxy) is 1. The first-order chi connectivity index (χ1) is 14.2. The number of hydrogen-bond donors (Lipinski definition) is 0. The second kappa shape index (κ2) is 6.97. The van der Waals surface area contributed by atoms with Crippen molar-refractivity contribution in [3.8, 4) is 11.4 Å². The van der Waals surface area contributed by atoms with Crippen LogP contribution in [0.3, 0.4) is 0 Å². The van der Waals surface area contributed by atoms with Crippen LogP contribution >= 0.6 is 0 Å². The molecule has 4 aromatic rings. The molecule has 1 aliphatic heterocycles. The van der Waals surface area contributed by atoms with Crippen LogP contribution in [0.5, 0.6) is 0 Å². The second-order valence-electron chi connectivity index (χ2n) is 6.77. The minimum atomic E-state index is -0.547. The van der Waals surface area contributed by atoms with Crippen LogP contribution in [-0.2, 0) is 24.3 Å². The molecular weight excluding hydrogens is 372 g/mol. The third-order valence-corrected chi connectivity index (χ3v) is 4.88. The van der Waals surface area contributed by atoms with Gasteiger partial charge in [-0.2, -0.15) is 4.98 Å². The highest BCUT2D eigenvalue weighted by Gasteiger charge is 2.18. The van der Waals surface area contributed by atoms with E-state index in [4.69, 9.17) is 9.26 Å². The molecule has 0 N–H and O–H groups in total. The molecule has 0 amide bonds. The molecule has 0 aliphatic carbocycles. The van der Waals surface area contributed by atoms with Crippen molar-refractivity contribution in [1.29, 1.82) is 0 Å². The Hall–Kier alpha value is -3.81. The predicted molar refractivity (Wildman–Crippen MR) is 103 cm³/mol. The number of carbonyl (C=O) groups is 1. The molecule has 2 aromatic heterocycles. The van der Waals surface area contributed by atoms with Crippen molar-refractivity contribution in [3.63, 3.8) is 0 Å². The van der Waals surface area contributed by atoms with Crippen molar-refractivity contribution in [3.05, 3.63) is 76.2 Å². The highest BCUT2D eigenvalue weighted by molar-refractivity contribution is 5.94. The van der Waals surface area contributed by atoms with E-state index in [-0.39, 0.29) is 18.1 Å². The van der Waals surface area contributed by atoms with Crippen LogP contribution in [0.25, 0.3) is 22.3 Å². The molecule has 8 heteroatoms. The number of fused-ring (bicyclic) bond motifs is 2. The number of hydrogen-bond acceptors (Lipinski definition) is 7. The van der Waals surface area contributed by atoms with Gasteiger partial charge >= 0.3 is 5.97 Å². The van der Waals surface area contributed by atoms with Crippen molar-refractivity contribution < 1.29 is 14.1 Å². The van der Waals surface area contributed by atoms with E-state index in [1.54, 1.807) is 22.8 Å². The number of aryl methyl sites for hydroxylation is 1. The SMILES string of the molecule is O=C(OCc1nc(-c2ccccc2)no1)c1ccc2c(=O)n3c(nc2c1)CCC3. The van der Waals surface area contributed by atoms with Crippen molar-refractivity contribution in [1.82, 2.24) is 19.7 Å². The van der Waals surface area contributed by atoms with Crippen LogP contribution < -0.4 is 5.56 Å². The summed E-state index contributed by atoms with van der Waals surface area (Å²) >= 11 is 0. The number of carbonyl (C=O) groups excluding carboxylic acids is 1. The fraction of sp³-hybridized carbons (Fsp3) is 0.190. The van der Waals surface area contributed by atoms with Crippen molar-refractivity contribution in [2.45, 2.75) is 26.0 Å². The van der Waals surface area contributed by atoms with Crippen molar-refractivity contribution >= 4 is 16.9 Å². The van der Waals surface area contributed by atoms with E-state index in [0.717, 1.165) is 24.2 Å². The molecule has 0 atom stereocenters. The van der Waals surface area contributed by atoms with Crippen molar-refractivity contribution in [2.75, 3.05) is 0 Å². The topological polar surface area (TPSA) is 100 Å². The van der Waals surface area contributed by atoms with E-state index in [0.29, 0.717) is 28.8 Å². The Balaban J connectivity index is 1.34. The van der Waals surface area contributed by atoms with E-state index >= 15 is 0 Å². The normalized spacial score (nSPS) is 12.8. The van der Waals surface area contributed by atoms with Crippen LogP contribution in [0.4, 0.5) is 0 Å². The molecule has 2 aromatic carbocycles. The maximum absolute atomic E-state index is 12.5. The smallest absolute Gasteiger partial charge is 0.338 e. The fourth-order valence-electron chi connectivity index (χ4n) is 3.44. The summed E-state index contributed by atoms with van der Waals surface area (Å²) in [5, 5.41) is 4.39. The van der Waals surface area contributed by atoms with Crippen molar-refractivity contribution in [2.24, 2.45) is 0 Å². The first-order valence-corrected chi connectivity index (χ1v) is 9.28. The number of rotatable bonds is 4. The van der Waals surface area contributed by atoms with Crippen LogP contribution in [0.1, 0.15) is 28.5 Å². The summed E-state index contributed by atoms with van der Waals surface area (Å²) in [7, 11) is 0. The molecule has 5 rings (SSSR count). The Kier molecular flexibility index (Phi) is 4.16. The summed E-state index contributed by atoms with van der Waals surface area (Å²) in [4.78, 5) is 33.7. The lowest BCUT2D eigenvalue weighted by Gasteiger charge is -2.06. The summed E-state index contributed by atoms with van der Waals surface area (Å²) in [6.07, 6.45) is 1.67. The minimum Gasteiger partial charge on any atom is -0.452 e. The molecule has 8 nitrogen and oxygen atoms in total. The first kappa shape index (κ1) is 17.3. The Morgan fingerprint density at radius 2 is 2.00 bits per heavy atom. The average Bonchev–Trinajstić information content (AvgIpc) is 3.42. The zero-order valence-electron chi connectivity index (χ0n) is 15.4. The van der Waals surface area contributed by atoms with E-state index in [2.05, 4.69) is 15.1 Å². The van der Waals surface area contributed by atoms with Gasteiger partial charge in [-0.05, 0) is 24.6 Å². The molecular formula is C21H16N4O4. The van der Waals surface area contributed by atoms with Crippen LogP contribution in [0.2, 0.25) is 0 Å². The molecule has 1 aliphatic rings. The van der Waals surface area contributed by atoms with Gasteiger partial charge in [0.25, 0.3) is 11.4 Å². The number of nitrogens with zero attached hydrogens (tertiary/aromatic N) is 4. The third-order valence-electron chi connectivity index (χ3n) is 4.88. The lowest BCUT2D eigenvalue weighted by molar-refractivity contribution is 0.0430. The summed E-state index contributed by atoms with van der Waals surface area (Å²) in [5.74, 6) is 0.842. The molecule has 3 heterocycles. The Morgan fingerprint density at radius 1 is 1.14 bits per heavy atom. The van der Waals surface area contributed by atoms with E-state index < -0.39 is 5.97 Å². The highest BCUT2D eigenvalue weighted by atomic mass is 16.6. The van der Waals surface area contributed by atoms with Gasteiger partial charge in [-0.25, -0.2) is 9.78 Å². The molecule has 0 bridgehead atoms. The Morgan fingerprint density at radius 3 is 2.86 bits per heavy atom. The Bertz CT molecular complexity index is 1280. The fourth-order valence-corrected chi connectivity index (χ4v) is 3.44. The zero-order chi connectivity index (χ0) is 19.8. The zero-order valence-corrected chi connectivity index (χ0v) is 15.4. The predicted octanol–water partition coefficient (Wildman–Crippen LogP) is 2.75. The minimum absolute atomic E-state index is 0.0679. The van der Waals surface area contributed by atoms with Gasteiger partial charge in [-0.1, -0.05) is 35.5 Å².